The van der Waals surface area contributed by atoms with Crippen LogP contribution in [0.2, 0.25) is 0 Å². The number of nitrogens with zero attached hydrogens (tertiary/aromatic N) is 1. The molecule has 2 N–H and O–H groups in total. The number of anilines is 1. The Morgan fingerprint density at radius 3 is 2.59 bits per heavy atom. The number of nitrogens with one attached hydrogen (secondary N) is 2. The largest absolute Gasteiger partial charge is 0.348 e. The molecule has 6 heteroatoms. The molecule has 0 radical (unpaired) electrons. The van der Waals surface area contributed by atoms with Crippen molar-refractivity contribution in [2.75, 3.05) is 18.4 Å². The molecule has 0 aliphatic carbocycles. The predicted octanol–water partition coefficient (Wildman–Crippen LogP) is 2.82. The summed E-state index contributed by atoms with van der Waals surface area (Å²) in [5.41, 5.74) is 3.19. The Bertz CT molecular complexity index is 961. The zero-order valence-corrected chi connectivity index (χ0v) is 16.1. The van der Waals surface area contributed by atoms with Gasteiger partial charge >= 0.3 is 0 Å². The fraction of sp³-hybridized carbons (Fsp3) is 0.261. The third kappa shape index (κ3) is 4.37. The van der Waals surface area contributed by atoms with E-state index < -0.39 is 0 Å². The van der Waals surface area contributed by atoms with Gasteiger partial charge in [-0.3, -0.25) is 14.4 Å². The lowest BCUT2D eigenvalue weighted by Crippen LogP contribution is -2.40. The molecule has 2 heterocycles. The first-order chi connectivity index (χ1) is 14.1. The van der Waals surface area contributed by atoms with E-state index in [1.54, 1.807) is 17.0 Å². The average Bonchev–Trinajstić information content (AvgIpc) is 3.13. The van der Waals surface area contributed by atoms with Crippen molar-refractivity contribution >= 4 is 29.5 Å². The smallest absolute Gasteiger partial charge is 0.251 e. The first-order valence-corrected chi connectivity index (χ1v) is 9.84. The molecule has 0 spiro atoms. The summed E-state index contributed by atoms with van der Waals surface area (Å²) in [4.78, 5) is 38.5. The molecule has 2 aromatic carbocycles. The van der Waals surface area contributed by atoms with Crippen molar-refractivity contribution < 1.29 is 14.4 Å². The van der Waals surface area contributed by atoms with Crippen LogP contribution in [0, 0.1) is 5.92 Å². The highest BCUT2D eigenvalue weighted by atomic mass is 16.2. The van der Waals surface area contributed by atoms with Crippen molar-refractivity contribution in [3.8, 4) is 0 Å². The highest BCUT2D eigenvalue weighted by Gasteiger charge is 2.27. The molecule has 2 aliphatic rings. The summed E-state index contributed by atoms with van der Waals surface area (Å²) in [6.45, 7) is 1.65. The van der Waals surface area contributed by atoms with Crippen LogP contribution < -0.4 is 10.6 Å². The number of hydrogen-bond donors (Lipinski definition) is 2. The SMILES string of the molecule is O=C1NCc2ccc(NC(=O)C3CCN(C(=O)/C=C/c4ccccc4)CC3)cc21. The Balaban J connectivity index is 1.30. The molecule has 29 heavy (non-hydrogen) atoms. The molecular weight excluding hydrogens is 366 g/mol. The number of carbonyl (C=O) groups excluding carboxylic acids is 3. The third-order valence-corrected chi connectivity index (χ3v) is 5.46. The van der Waals surface area contributed by atoms with Crippen molar-refractivity contribution in [3.05, 3.63) is 71.3 Å². The van der Waals surface area contributed by atoms with E-state index in [0.717, 1.165) is 11.1 Å². The second-order valence-corrected chi connectivity index (χ2v) is 7.39. The van der Waals surface area contributed by atoms with Crippen LogP contribution >= 0.6 is 0 Å². The fourth-order valence-corrected chi connectivity index (χ4v) is 3.73. The Morgan fingerprint density at radius 2 is 1.83 bits per heavy atom. The molecule has 0 unspecified atom stereocenters. The van der Waals surface area contributed by atoms with Crippen LogP contribution in [-0.2, 0) is 16.1 Å². The first-order valence-electron chi connectivity index (χ1n) is 9.84. The Hall–Kier alpha value is -3.41. The Labute approximate surface area is 169 Å². The summed E-state index contributed by atoms with van der Waals surface area (Å²) >= 11 is 0. The highest BCUT2D eigenvalue weighted by Crippen LogP contribution is 2.23. The molecule has 2 aliphatic heterocycles. The summed E-state index contributed by atoms with van der Waals surface area (Å²) in [5, 5.41) is 5.69. The quantitative estimate of drug-likeness (QED) is 0.790. The van der Waals surface area contributed by atoms with E-state index in [-0.39, 0.29) is 23.6 Å². The lowest BCUT2D eigenvalue weighted by molar-refractivity contribution is -0.130. The zero-order chi connectivity index (χ0) is 20.2. The van der Waals surface area contributed by atoms with Gasteiger partial charge in [0, 0.05) is 42.9 Å². The summed E-state index contributed by atoms with van der Waals surface area (Å²) in [6.07, 6.45) is 4.65. The molecule has 2 aromatic rings. The summed E-state index contributed by atoms with van der Waals surface area (Å²) < 4.78 is 0. The van der Waals surface area contributed by atoms with Crippen molar-refractivity contribution in [2.24, 2.45) is 5.92 Å². The maximum Gasteiger partial charge on any atom is 0.251 e. The molecule has 0 atom stereocenters. The molecule has 4 rings (SSSR count). The van der Waals surface area contributed by atoms with Crippen LogP contribution in [0.15, 0.2) is 54.6 Å². The molecule has 148 valence electrons. The summed E-state index contributed by atoms with van der Waals surface area (Å²) in [6, 6.07) is 15.1. The van der Waals surface area contributed by atoms with Crippen LogP contribution in [0.5, 0.6) is 0 Å². The molecule has 0 saturated carbocycles. The van der Waals surface area contributed by atoms with E-state index >= 15 is 0 Å². The summed E-state index contributed by atoms with van der Waals surface area (Å²) in [7, 11) is 0. The number of fused-ring (bicyclic) bond motifs is 1. The van der Waals surface area contributed by atoms with Gasteiger partial charge in [-0.15, -0.1) is 0 Å². The average molecular weight is 389 g/mol. The van der Waals surface area contributed by atoms with Gasteiger partial charge in [0.1, 0.15) is 0 Å². The van der Waals surface area contributed by atoms with Gasteiger partial charge in [-0.25, -0.2) is 0 Å². The van der Waals surface area contributed by atoms with E-state index in [2.05, 4.69) is 10.6 Å². The predicted molar refractivity (Wildman–Crippen MR) is 111 cm³/mol. The minimum Gasteiger partial charge on any atom is -0.348 e. The van der Waals surface area contributed by atoms with Gasteiger partial charge in [-0.2, -0.15) is 0 Å². The van der Waals surface area contributed by atoms with Crippen molar-refractivity contribution in [1.29, 1.82) is 0 Å². The standard InChI is InChI=1S/C23H23N3O3/c27-21(9-6-16-4-2-1-3-5-16)26-12-10-17(11-13-26)22(28)25-19-8-7-18-15-24-23(29)20(18)14-19/h1-9,14,17H,10-13,15H2,(H,24,29)(H,25,28)/b9-6+. The van der Waals surface area contributed by atoms with E-state index in [0.29, 0.717) is 43.7 Å². The number of likely N-dealkylation sites (tertiary alicyclic amines) is 1. The van der Waals surface area contributed by atoms with Crippen LogP contribution in [-0.4, -0.2) is 35.7 Å². The third-order valence-electron chi connectivity index (χ3n) is 5.46. The number of rotatable bonds is 4. The molecule has 6 nitrogen and oxygen atoms in total. The fourth-order valence-electron chi connectivity index (χ4n) is 3.73. The number of amides is 3. The lowest BCUT2D eigenvalue weighted by atomic mass is 9.95. The number of carbonyl (C=O) groups is 3. The van der Waals surface area contributed by atoms with E-state index in [1.807, 2.05) is 48.5 Å². The van der Waals surface area contributed by atoms with Gasteiger partial charge in [0.05, 0.1) is 0 Å². The highest BCUT2D eigenvalue weighted by molar-refractivity contribution is 6.00. The summed E-state index contributed by atoms with van der Waals surface area (Å²) in [5.74, 6) is -0.335. The Morgan fingerprint density at radius 1 is 1.07 bits per heavy atom. The normalized spacial score (nSPS) is 16.6. The van der Waals surface area contributed by atoms with Gasteiger partial charge in [0.2, 0.25) is 11.8 Å². The van der Waals surface area contributed by atoms with E-state index in [1.165, 1.54) is 0 Å². The molecule has 3 amide bonds. The number of hydrogen-bond acceptors (Lipinski definition) is 3. The van der Waals surface area contributed by atoms with Crippen LogP contribution in [0.3, 0.4) is 0 Å². The zero-order valence-electron chi connectivity index (χ0n) is 16.1. The molecule has 0 aromatic heterocycles. The molecule has 1 fully saturated rings. The van der Waals surface area contributed by atoms with Crippen molar-refractivity contribution in [3.63, 3.8) is 0 Å². The maximum atomic E-state index is 12.6. The van der Waals surface area contributed by atoms with Gasteiger partial charge < -0.3 is 15.5 Å². The number of piperidine rings is 1. The maximum absolute atomic E-state index is 12.6. The molecular formula is C23H23N3O3. The van der Waals surface area contributed by atoms with Gasteiger partial charge in [0.25, 0.3) is 5.91 Å². The first kappa shape index (κ1) is 18.9. The minimum absolute atomic E-state index is 0.0302. The lowest BCUT2D eigenvalue weighted by Gasteiger charge is -2.30. The second kappa shape index (κ2) is 8.31. The van der Waals surface area contributed by atoms with Crippen molar-refractivity contribution in [1.82, 2.24) is 10.2 Å². The van der Waals surface area contributed by atoms with Crippen LogP contribution in [0.25, 0.3) is 6.08 Å². The topological polar surface area (TPSA) is 78.5 Å². The van der Waals surface area contributed by atoms with E-state index in [4.69, 9.17) is 0 Å². The minimum atomic E-state index is -0.140. The second-order valence-electron chi connectivity index (χ2n) is 7.39. The van der Waals surface area contributed by atoms with Crippen LogP contribution in [0.4, 0.5) is 5.69 Å². The monoisotopic (exact) mass is 389 g/mol. The van der Waals surface area contributed by atoms with Gasteiger partial charge in [0.15, 0.2) is 0 Å². The molecule has 1 saturated heterocycles. The van der Waals surface area contributed by atoms with Gasteiger partial charge in [-0.1, -0.05) is 36.4 Å². The Kier molecular flexibility index (Phi) is 5.42. The van der Waals surface area contributed by atoms with E-state index in [9.17, 15) is 14.4 Å². The molecule has 0 bridgehead atoms. The van der Waals surface area contributed by atoms with Crippen LogP contribution in [0.1, 0.15) is 34.3 Å². The van der Waals surface area contributed by atoms with Gasteiger partial charge in [-0.05, 0) is 42.2 Å². The van der Waals surface area contributed by atoms with Crippen molar-refractivity contribution in [2.45, 2.75) is 19.4 Å². The number of benzene rings is 2.